The summed E-state index contributed by atoms with van der Waals surface area (Å²) in [4.78, 5) is 12.0. The summed E-state index contributed by atoms with van der Waals surface area (Å²) in [5.41, 5.74) is 6.10. The van der Waals surface area contributed by atoms with Gasteiger partial charge in [-0.25, -0.2) is 0 Å². The molecular weight excluding hydrogens is 240 g/mol. The second-order valence-corrected chi connectivity index (χ2v) is 6.50. The zero-order chi connectivity index (χ0) is 13.2. The minimum atomic E-state index is 0.0614. The number of nitrogens with one attached hydrogen (secondary N) is 1. The van der Waals surface area contributed by atoms with Gasteiger partial charge in [-0.1, -0.05) is 32.1 Å². The number of nitrogens with two attached hydrogens (primary N) is 1. The van der Waals surface area contributed by atoms with E-state index in [2.05, 4.69) is 5.32 Å². The third-order valence-electron chi connectivity index (χ3n) is 5.28. The average Bonchev–Trinajstić information content (AvgIpc) is 2.88. The van der Waals surface area contributed by atoms with Gasteiger partial charge in [0.25, 0.3) is 0 Å². The van der Waals surface area contributed by atoms with Crippen molar-refractivity contribution in [3.63, 3.8) is 0 Å². The van der Waals surface area contributed by atoms with E-state index in [-0.39, 0.29) is 24.1 Å². The molecule has 4 atom stereocenters. The SMILES string of the molecule is NC1C2CCOC2C1NC(=O)CCC1CCCCC1. The Balaban J connectivity index is 1.39. The summed E-state index contributed by atoms with van der Waals surface area (Å²) in [6.45, 7) is 0.803. The van der Waals surface area contributed by atoms with Crippen LogP contribution < -0.4 is 11.1 Å². The lowest BCUT2D eigenvalue weighted by Gasteiger charge is -2.45. The van der Waals surface area contributed by atoms with Crippen molar-refractivity contribution in [1.82, 2.24) is 5.32 Å². The maximum Gasteiger partial charge on any atom is 0.220 e. The van der Waals surface area contributed by atoms with Crippen LogP contribution in [0.3, 0.4) is 0 Å². The lowest BCUT2D eigenvalue weighted by Crippen LogP contribution is -2.68. The van der Waals surface area contributed by atoms with Crippen LogP contribution in [0.4, 0.5) is 0 Å². The molecule has 1 amide bonds. The molecule has 2 saturated carbocycles. The summed E-state index contributed by atoms with van der Waals surface area (Å²) in [5, 5.41) is 3.09. The van der Waals surface area contributed by atoms with Gasteiger partial charge in [0.1, 0.15) is 0 Å². The number of rotatable bonds is 4. The van der Waals surface area contributed by atoms with Gasteiger partial charge in [-0.2, -0.15) is 0 Å². The van der Waals surface area contributed by atoms with E-state index in [1.165, 1.54) is 32.1 Å². The molecule has 3 rings (SSSR count). The quantitative estimate of drug-likeness (QED) is 0.812. The number of carbonyl (C=O) groups is 1. The summed E-state index contributed by atoms with van der Waals surface area (Å²) >= 11 is 0. The number of hydrogen-bond acceptors (Lipinski definition) is 3. The van der Waals surface area contributed by atoms with E-state index in [1.54, 1.807) is 0 Å². The average molecular weight is 266 g/mol. The molecule has 1 heterocycles. The Hall–Kier alpha value is -0.610. The summed E-state index contributed by atoms with van der Waals surface area (Å²) in [5.74, 6) is 1.41. The molecule has 3 fully saturated rings. The molecule has 0 bridgehead atoms. The molecular formula is C15H26N2O2. The van der Waals surface area contributed by atoms with Crippen LogP contribution in [-0.2, 0) is 9.53 Å². The van der Waals surface area contributed by atoms with Gasteiger partial charge in [0.15, 0.2) is 0 Å². The fraction of sp³-hybridized carbons (Fsp3) is 0.933. The molecule has 4 unspecified atom stereocenters. The molecule has 4 nitrogen and oxygen atoms in total. The summed E-state index contributed by atoms with van der Waals surface area (Å²) in [6, 6.07) is 0.164. The van der Waals surface area contributed by atoms with E-state index in [1.807, 2.05) is 0 Å². The van der Waals surface area contributed by atoms with E-state index < -0.39 is 0 Å². The van der Waals surface area contributed by atoms with Crippen molar-refractivity contribution in [2.45, 2.75) is 69.6 Å². The Morgan fingerprint density at radius 1 is 1.21 bits per heavy atom. The highest BCUT2D eigenvalue weighted by Gasteiger charge is 2.52. The highest BCUT2D eigenvalue weighted by Crippen LogP contribution is 2.37. The zero-order valence-electron chi connectivity index (χ0n) is 11.6. The van der Waals surface area contributed by atoms with Gasteiger partial charge in [-0.3, -0.25) is 4.79 Å². The van der Waals surface area contributed by atoms with Crippen LogP contribution in [0.25, 0.3) is 0 Å². The van der Waals surface area contributed by atoms with Crippen LogP contribution in [0.15, 0.2) is 0 Å². The van der Waals surface area contributed by atoms with Crippen molar-refractivity contribution in [3.05, 3.63) is 0 Å². The van der Waals surface area contributed by atoms with Gasteiger partial charge in [0, 0.05) is 25.0 Å². The van der Waals surface area contributed by atoms with E-state index in [0.29, 0.717) is 12.3 Å². The van der Waals surface area contributed by atoms with Gasteiger partial charge in [0.05, 0.1) is 12.1 Å². The topological polar surface area (TPSA) is 64.3 Å². The van der Waals surface area contributed by atoms with Crippen molar-refractivity contribution in [1.29, 1.82) is 0 Å². The lowest BCUT2D eigenvalue weighted by molar-refractivity contribution is -0.126. The number of carbonyl (C=O) groups excluding carboxylic acids is 1. The third-order valence-corrected chi connectivity index (χ3v) is 5.28. The predicted octanol–water partition coefficient (Wildman–Crippen LogP) is 1.58. The smallest absolute Gasteiger partial charge is 0.220 e. The first-order chi connectivity index (χ1) is 9.25. The number of ether oxygens (including phenoxy) is 1. The zero-order valence-corrected chi connectivity index (χ0v) is 11.6. The molecule has 0 radical (unpaired) electrons. The van der Waals surface area contributed by atoms with Crippen molar-refractivity contribution in [3.8, 4) is 0 Å². The Labute approximate surface area is 115 Å². The van der Waals surface area contributed by atoms with Crippen LogP contribution in [0.1, 0.15) is 51.4 Å². The highest BCUT2D eigenvalue weighted by molar-refractivity contribution is 5.76. The predicted molar refractivity (Wildman–Crippen MR) is 73.6 cm³/mol. The Morgan fingerprint density at radius 2 is 2.00 bits per heavy atom. The normalized spacial score (nSPS) is 38.6. The Bertz CT molecular complexity index is 328. The number of amides is 1. The molecule has 2 aliphatic carbocycles. The molecule has 1 saturated heterocycles. The fourth-order valence-corrected chi connectivity index (χ4v) is 4.00. The molecule has 4 heteroatoms. The molecule has 0 spiro atoms. The molecule has 3 aliphatic rings. The molecule has 1 aliphatic heterocycles. The highest BCUT2D eigenvalue weighted by atomic mass is 16.5. The van der Waals surface area contributed by atoms with Crippen LogP contribution >= 0.6 is 0 Å². The van der Waals surface area contributed by atoms with E-state index in [4.69, 9.17) is 10.5 Å². The van der Waals surface area contributed by atoms with Crippen LogP contribution in [0, 0.1) is 11.8 Å². The molecule has 0 aromatic heterocycles. The first-order valence-corrected chi connectivity index (χ1v) is 7.92. The first kappa shape index (κ1) is 13.4. The number of hydrogen-bond donors (Lipinski definition) is 2. The largest absolute Gasteiger partial charge is 0.376 e. The molecule has 3 N–H and O–H groups in total. The Kier molecular flexibility index (Phi) is 4.08. The standard InChI is InChI=1S/C15H26N2O2/c16-13-11-8-9-19-15(11)14(13)17-12(18)7-6-10-4-2-1-3-5-10/h10-11,13-15H,1-9,16H2,(H,17,18). The second kappa shape index (κ2) is 5.80. The number of fused-ring (bicyclic) bond motifs is 1. The van der Waals surface area contributed by atoms with E-state index >= 15 is 0 Å². The minimum Gasteiger partial charge on any atom is -0.376 e. The van der Waals surface area contributed by atoms with Gasteiger partial charge in [0.2, 0.25) is 5.91 Å². The molecule has 19 heavy (non-hydrogen) atoms. The fourth-order valence-electron chi connectivity index (χ4n) is 4.00. The monoisotopic (exact) mass is 266 g/mol. The van der Waals surface area contributed by atoms with Gasteiger partial charge in [-0.15, -0.1) is 0 Å². The van der Waals surface area contributed by atoms with Crippen LogP contribution in [-0.4, -0.2) is 30.7 Å². The second-order valence-electron chi connectivity index (χ2n) is 6.50. The van der Waals surface area contributed by atoms with Crippen molar-refractivity contribution >= 4 is 5.91 Å². The first-order valence-electron chi connectivity index (χ1n) is 7.92. The van der Waals surface area contributed by atoms with E-state index in [9.17, 15) is 4.79 Å². The molecule has 108 valence electrons. The maximum atomic E-state index is 12.0. The molecule has 0 aromatic rings. The summed E-state index contributed by atoms with van der Waals surface area (Å²) in [7, 11) is 0. The molecule has 0 aromatic carbocycles. The van der Waals surface area contributed by atoms with Crippen LogP contribution in [0.2, 0.25) is 0 Å². The van der Waals surface area contributed by atoms with Crippen molar-refractivity contribution < 1.29 is 9.53 Å². The van der Waals surface area contributed by atoms with Crippen molar-refractivity contribution in [2.75, 3.05) is 6.61 Å². The van der Waals surface area contributed by atoms with Crippen LogP contribution in [0.5, 0.6) is 0 Å². The van der Waals surface area contributed by atoms with Gasteiger partial charge >= 0.3 is 0 Å². The maximum absolute atomic E-state index is 12.0. The van der Waals surface area contributed by atoms with Crippen molar-refractivity contribution in [2.24, 2.45) is 17.6 Å². The summed E-state index contributed by atoms with van der Waals surface area (Å²) in [6.07, 6.45) is 9.63. The van der Waals surface area contributed by atoms with Gasteiger partial charge in [-0.05, 0) is 18.8 Å². The lowest BCUT2D eigenvalue weighted by atomic mass is 9.72. The van der Waals surface area contributed by atoms with E-state index in [0.717, 1.165) is 25.4 Å². The minimum absolute atomic E-state index is 0.0614. The third kappa shape index (κ3) is 2.79. The summed E-state index contributed by atoms with van der Waals surface area (Å²) < 4.78 is 5.64. The Morgan fingerprint density at radius 3 is 2.79 bits per heavy atom. The van der Waals surface area contributed by atoms with Gasteiger partial charge < -0.3 is 15.8 Å².